The third kappa shape index (κ3) is 3.17. The first kappa shape index (κ1) is 22.2. The van der Waals surface area contributed by atoms with Gasteiger partial charge in [-0.05, 0) is 47.3 Å². The molecule has 0 aliphatic carbocycles. The summed E-state index contributed by atoms with van der Waals surface area (Å²) in [5, 5.41) is 0. The second kappa shape index (κ2) is 5.96. The van der Waals surface area contributed by atoms with Crippen molar-refractivity contribution in [1.82, 2.24) is 0 Å². The van der Waals surface area contributed by atoms with E-state index >= 15 is 0 Å². The van der Waals surface area contributed by atoms with Crippen LogP contribution in [0.25, 0.3) is 0 Å². The van der Waals surface area contributed by atoms with Gasteiger partial charge in [0.25, 0.3) is 0 Å². The van der Waals surface area contributed by atoms with Crippen LogP contribution in [0.2, 0.25) is 0 Å². The molecule has 2 heterocycles. The van der Waals surface area contributed by atoms with Gasteiger partial charge >= 0.3 is 0 Å². The highest BCUT2D eigenvalue weighted by Gasteiger charge is 2.63. The Morgan fingerprint density at radius 1 is 0.500 bits per heavy atom. The zero-order valence-corrected chi connectivity index (χ0v) is 19.9. The summed E-state index contributed by atoms with van der Waals surface area (Å²) in [5.74, 6) is 0. The standard InChI is InChI=1S/C24H46O2/c1-18(2,3)23(19(4,5)6)15-13-22(17-25-23)14-16-24(26-22,20(7,8)9)21(10,11)12/h13-17H2,1-12H3. The van der Waals surface area contributed by atoms with E-state index in [-0.39, 0.29) is 38.5 Å². The van der Waals surface area contributed by atoms with E-state index in [9.17, 15) is 0 Å². The Morgan fingerprint density at radius 3 is 1.08 bits per heavy atom. The zero-order chi connectivity index (χ0) is 20.4. The smallest absolute Gasteiger partial charge is 0.0925 e. The van der Waals surface area contributed by atoms with Crippen molar-refractivity contribution in [2.75, 3.05) is 6.61 Å². The molecule has 2 nitrogen and oxygen atoms in total. The lowest BCUT2D eigenvalue weighted by Gasteiger charge is -2.59. The summed E-state index contributed by atoms with van der Waals surface area (Å²) in [4.78, 5) is 0. The lowest BCUT2D eigenvalue weighted by molar-refractivity contribution is -0.283. The summed E-state index contributed by atoms with van der Waals surface area (Å²) in [6.45, 7) is 28.8. The van der Waals surface area contributed by atoms with Gasteiger partial charge in [0.2, 0.25) is 0 Å². The molecule has 0 bridgehead atoms. The average molecular weight is 367 g/mol. The molecule has 0 saturated carbocycles. The Bertz CT molecular complexity index is 478. The van der Waals surface area contributed by atoms with Gasteiger partial charge in [-0.15, -0.1) is 0 Å². The van der Waals surface area contributed by atoms with Gasteiger partial charge in [0, 0.05) is 0 Å². The van der Waals surface area contributed by atoms with Gasteiger partial charge in [-0.1, -0.05) is 83.1 Å². The fraction of sp³-hybridized carbons (Fsp3) is 1.00. The van der Waals surface area contributed by atoms with Gasteiger partial charge in [0.15, 0.2) is 0 Å². The second-order valence-electron chi connectivity index (χ2n) is 13.2. The molecule has 0 amide bonds. The van der Waals surface area contributed by atoms with Crippen molar-refractivity contribution in [3.63, 3.8) is 0 Å². The second-order valence-corrected chi connectivity index (χ2v) is 13.2. The number of hydrogen-bond acceptors (Lipinski definition) is 2. The Labute approximate surface area is 163 Å². The molecule has 1 atom stereocenters. The molecule has 26 heavy (non-hydrogen) atoms. The molecule has 2 aliphatic rings. The van der Waals surface area contributed by atoms with Crippen LogP contribution >= 0.6 is 0 Å². The van der Waals surface area contributed by atoms with E-state index in [1.54, 1.807) is 0 Å². The summed E-state index contributed by atoms with van der Waals surface area (Å²) < 4.78 is 13.9. The fourth-order valence-corrected chi connectivity index (χ4v) is 6.45. The summed E-state index contributed by atoms with van der Waals surface area (Å²) in [6.07, 6.45) is 4.42. The monoisotopic (exact) mass is 366 g/mol. The molecule has 1 unspecified atom stereocenters. The van der Waals surface area contributed by atoms with Gasteiger partial charge in [-0.2, -0.15) is 0 Å². The van der Waals surface area contributed by atoms with Crippen molar-refractivity contribution in [2.24, 2.45) is 21.7 Å². The van der Waals surface area contributed by atoms with Crippen molar-refractivity contribution in [3.8, 4) is 0 Å². The van der Waals surface area contributed by atoms with Gasteiger partial charge in [0.05, 0.1) is 23.4 Å². The van der Waals surface area contributed by atoms with Gasteiger partial charge in [-0.3, -0.25) is 0 Å². The van der Waals surface area contributed by atoms with Crippen LogP contribution in [0.1, 0.15) is 109 Å². The quantitative estimate of drug-likeness (QED) is 0.459. The third-order valence-electron chi connectivity index (χ3n) is 7.68. The lowest BCUT2D eigenvalue weighted by Crippen LogP contribution is -2.62. The maximum atomic E-state index is 7.10. The Kier molecular flexibility index (Phi) is 5.09. The summed E-state index contributed by atoms with van der Waals surface area (Å²) >= 11 is 0. The van der Waals surface area contributed by atoms with E-state index in [2.05, 4.69) is 83.1 Å². The van der Waals surface area contributed by atoms with Gasteiger partial charge < -0.3 is 9.47 Å². The fourth-order valence-electron chi connectivity index (χ4n) is 6.45. The molecule has 2 rings (SSSR count). The minimum absolute atomic E-state index is 0.104. The minimum atomic E-state index is -0.111. The minimum Gasteiger partial charge on any atom is -0.371 e. The normalized spacial score (nSPS) is 30.0. The van der Waals surface area contributed by atoms with Crippen molar-refractivity contribution in [2.45, 2.75) is 126 Å². The van der Waals surface area contributed by atoms with Crippen molar-refractivity contribution in [1.29, 1.82) is 0 Å². The number of rotatable bonds is 0. The third-order valence-corrected chi connectivity index (χ3v) is 7.68. The highest BCUT2D eigenvalue weighted by Crippen LogP contribution is 2.61. The Balaban J connectivity index is 2.32. The number of hydrogen-bond donors (Lipinski definition) is 0. The zero-order valence-electron chi connectivity index (χ0n) is 19.9. The summed E-state index contributed by atoms with van der Waals surface area (Å²) in [5.41, 5.74) is 0.110. The molecule has 0 aromatic carbocycles. The van der Waals surface area contributed by atoms with Crippen LogP contribution in [-0.2, 0) is 9.47 Å². The van der Waals surface area contributed by atoms with Crippen LogP contribution in [0.4, 0.5) is 0 Å². The van der Waals surface area contributed by atoms with Crippen molar-refractivity contribution in [3.05, 3.63) is 0 Å². The van der Waals surface area contributed by atoms with Gasteiger partial charge in [-0.25, -0.2) is 0 Å². The van der Waals surface area contributed by atoms with E-state index < -0.39 is 0 Å². The van der Waals surface area contributed by atoms with Crippen LogP contribution in [0.15, 0.2) is 0 Å². The average Bonchev–Trinajstić information content (AvgIpc) is 2.77. The van der Waals surface area contributed by atoms with E-state index in [4.69, 9.17) is 9.47 Å². The molecular formula is C24H46O2. The first-order chi connectivity index (χ1) is 11.3. The molecule has 1 spiro atoms. The molecule has 2 aliphatic heterocycles. The molecule has 2 fully saturated rings. The lowest BCUT2D eigenvalue weighted by atomic mass is 9.58. The first-order valence-corrected chi connectivity index (χ1v) is 10.7. The van der Waals surface area contributed by atoms with Crippen molar-refractivity contribution < 1.29 is 9.47 Å². The topological polar surface area (TPSA) is 18.5 Å². The van der Waals surface area contributed by atoms with E-state index in [1.807, 2.05) is 0 Å². The SMILES string of the molecule is CC(C)(C)C1(C(C)(C)C)CCC2(CCC(C(C)(C)C)(C(C)(C)C)O2)CO1. The molecule has 0 aromatic rings. The predicted octanol–water partition coefficient (Wildman–Crippen LogP) is 7.01. The van der Waals surface area contributed by atoms with Crippen LogP contribution in [0.3, 0.4) is 0 Å². The molecular weight excluding hydrogens is 320 g/mol. The molecule has 2 heteroatoms. The van der Waals surface area contributed by atoms with E-state index in [0.29, 0.717) is 0 Å². The van der Waals surface area contributed by atoms with E-state index in [1.165, 1.54) is 0 Å². The highest BCUT2D eigenvalue weighted by molar-refractivity contribution is 5.12. The maximum absolute atomic E-state index is 7.10. The van der Waals surface area contributed by atoms with Crippen LogP contribution in [0, 0.1) is 21.7 Å². The van der Waals surface area contributed by atoms with Gasteiger partial charge in [0.1, 0.15) is 0 Å². The molecule has 2 saturated heterocycles. The molecule has 0 radical (unpaired) electrons. The number of ether oxygens (including phenoxy) is 2. The maximum Gasteiger partial charge on any atom is 0.0925 e. The molecule has 0 aromatic heterocycles. The first-order valence-electron chi connectivity index (χ1n) is 10.7. The summed E-state index contributed by atoms with van der Waals surface area (Å²) in [7, 11) is 0. The van der Waals surface area contributed by atoms with Crippen LogP contribution in [-0.4, -0.2) is 23.4 Å². The predicted molar refractivity (Wildman–Crippen MR) is 112 cm³/mol. The Hall–Kier alpha value is -0.0800. The molecule has 154 valence electrons. The van der Waals surface area contributed by atoms with E-state index in [0.717, 1.165) is 32.3 Å². The van der Waals surface area contributed by atoms with Crippen LogP contribution < -0.4 is 0 Å². The summed E-state index contributed by atoms with van der Waals surface area (Å²) in [6, 6.07) is 0. The molecule has 0 N–H and O–H groups in total. The Morgan fingerprint density at radius 2 is 0.846 bits per heavy atom. The van der Waals surface area contributed by atoms with Crippen LogP contribution in [0.5, 0.6) is 0 Å². The highest BCUT2D eigenvalue weighted by atomic mass is 16.6. The van der Waals surface area contributed by atoms with Crippen molar-refractivity contribution >= 4 is 0 Å². The largest absolute Gasteiger partial charge is 0.371 e.